The van der Waals surface area contributed by atoms with Crippen LogP contribution >= 0.6 is 0 Å². The van der Waals surface area contributed by atoms with E-state index in [-0.39, 0.29) is 0 Å². The van der Waals surface area contributed by atoms with Gasteiger partial charge in [-0.25, -0.2) is 0 Å². The molecule has 4 heteroatoms. The molecule has 18 heavy (non-hydrogen) atoms. The summed E-state index contributed by atoms with van der Waals surface area (Å²) >= 11 is 0. The fraction of sp³-hybridized carbons (Fsp3) is 1.00. The molecule has 3 heterocycles. The zero-order valence-corrected chi connectivity index (χ0v) is 11.4. The van der Waals surface area contributed by atoms with Crippen LogP contribution in [-0.2, 0) is 4.74 Å². The van der Waals surface area contributed by atoms with E-state index < -0.39 is 0 Å². The average Bonchev–Trinajstić information content (AvgIpc) is 2.99. The minimum absolute atomic E-state index is 0.306. The van der Waals surface area contributed by atoms with Gasteiger partial charge in [0.2, 0.25) is 0 Å². The van der Waals surface area contributed by atoms with Crippen molar-refractivity contribution in [3.63, 3.8) is 0 Å². The molecule has 0 radical (unpaired) electrons. The van der Waals surface area contributed by atoms with Gasteiger partial charge in [0.15, 0.2) is 0 Å². The second kappa shape index (κ2) is 5.87. The van der Waals surface area contributed by atoms with Crippen molar-refractivity contribution >= 4 is 0 Å². The fourth-order valence-electron chi connectivity index (χ4n) is 3.79. The molecule has 0 aromatic carbocycles. The Morgan fingerprint density at radius 3 is 2.89 bits per heavy atom. The van der Waals surface area contributed by atoms with Crippen LogP contribution in [0.15, 0.2) is 0 Å². The third kappa shape index (κ3) is 2.87. The van der Waals surface area contributed by atoms with Crippen molar-refractivity contribution in [3.05, 3.63) is 0 Å². The topological polar surface area (TPSA) is 41.7 Å². The molecule has 3 unspecified atom stereocenters. The van der Waals surface area contributed by atoms with Crippen LogP contribution in [0.1, 0.15) is 25.7 Å². The summed E-state index contributed by atoms with van der Waals surface area (Å²) in [4.78, 5) is 5.29. The standard InChI is InChI=1S/C14H27N3O/c15-14(12-4-8-18-11-12)10-16-5-2-7-17-6-1-3-13(17)9-16/h12-14H,1-11,15H2. The second-order valence-corrected chi connectivity index (χ2v) is 6.23. The van der Waals surface area contributed by atoms with Gasteiger partial charge in [0.1, 0.15) is 0 Å². The molecule has 3 saturated heterocycles. The third-order valence-corrected chi connectivity index (χ3v) is 4.93. The van der Waals surface area contributed by atoms with Crippen molar-refractivity contribution in [1.82, 2.24) is 9.80 Å². The van der Waals surface area contributed by atoms with E-state index in [1.807, 2.05) is 0 Å². The lowest BCUT2D eigenvalue weighted by Crippen LogP contribution is -2.45. The summed E-state index contributed by atoms with van der Waals surface area (Å²) in [7, 11) is 0. The molecule has 2 N–H and O–H groups in total. The summed E-state index contributed by atoms with van der Waals surface area (Å²) in [5.41, 5.74) is 6.36. The monoisotopic (exact) mass is 253 g/mol. The minimum Gasteiger partial charge on any atom is -0.381 e. The molecular formula is C14H27N3O. The van der Waals surface area contributed by atoms with E-state index >= 15 is 0 Å². The first-order valence-corrected chi connectivity index (χ1v) is 7.62. The SMILES string of the molecule is NC(CN1CCCN2CCCC2C1)C1CCOC1. The van der Waals surface area contributed by atoms with E-state index in [9.17, 15) is 0 Å². The van der Waals surface area contributed by atoms with E-state index in [2.05, 4.69) is 9.80 Å². The number of hydrogen-bond donors (Lipinski definition) is 1. The molecule has 0 aromatic rings. The molecule has 0 bridgehead atoms. The highest BCUT2D eigenvalue weighted by atomic mass is 16.5. The number of hydrogen-bond acceptors (Lipinski definition) is 4. The fourth-order valence-corrected chi connectivity index (χ4v) is 3.79. The van der Waals surface area contributed by atoms with Crippen LogP contribution in [0.5, 0.6) is 0 Å². The summed E-state index contributed by atoms with van der Waals surface area (Å²) in [6.07, 6.45) is 5.24. The van der Waals surface area contributed by atoms with Crippen molar-refractivity contribution < 1.29 is 4.74 Å². The highest BCUT2D eigenvalue weighted by molar-refractivity contribution is 4.87. The summed E-state index contributed by atoms with van der Waals surface area (Å²) in [5.74, 6) is 0.591. The Morgan fingerprint density at radius 1 is 1.17 bits per heavy atom. The number of ether oxygens (including phenoxy) is 1. The lowest BCUT2D eigenvalue weighted by molar-refractivity contribution is 0.165. The van der Waals surface area contributed by atoms with Gasteiger partial charge in [-0.2, -0.15) is 0 Å². The van der Waals surface area contributed by atoms with Gasteiger partial charge in [0.25, 0.3) is 0 Å². The lowest BCUT2D eigenvalue weighted by Gasteiger charge is -2.29. The Kier molecular flexibility index (Phi) is 4.19. The average molecular weight is 253 g/mol. The van der Waals surface area contributed by atoms with Crippen molar-refractivity contribution in [3.8, 4) is 0 Å². The molecule has 4 nitrogen and oxygen atoms in total. The molecule has 3 aliphatic heterocycles. The molecule has 0 aliphatic carbocycles. The van der Waals surface area contributed by atoms with Crippen LogP contribution in [0.25, 0.3) is 0 Å². The van der Waals surface area contributed by atoms with Crippen molar-refractivity contribution in [2.75, 3.05) is 45.9 Å². The van der Waals surface area contributed by atoms with Crippen molar-refractivity contribution in [1.29, 1.82) is 0 Å². The van der Waals surface area contributed by atoms with E-state index in [1.54, 1.807) is 0 Å². The summed E-state index contributed by atoms with van der Waals surface area (Å²) in [6.45, 7) is 7.94. The molecule has 0 aromatic heterocycles. The van der Waals surface area contributed by atoms with Crippen LogP contribution in [0.3, 0.4) is 0 Å². The first-order valence-electron chi connectivity index (χ1n) is 7.62. The molecule has 3 fully saturated rings. The Balaban J connectivity index is 1.51. The van der Waals surface area contributed by atoms with Gasteiger partial charge < -0.3 is 15.4 Å². The normalized spacial score (nSPS) is 36.5. The maximum Gasteiger partial charge on any atom is 0.0510 e. The minimum atomic E-state index is 0.306. The number of nitrogens with two attached hydrogens (primary N) is 1. The van der Waals surface area contributed by atoms with E-state index in [1.165, 1.54) is 45.4 Å². The maximum atomic E-state index is 6.36. The Bertz CT molecular complexity index is 268. The molecule has 3 rings (SSSR count). The van der Waals surface area contributed by atoms with E-state index in [0.717, 1.165) is 32.2 Å². The highest BCUT2D eigenvalue weighted by Crippen LogP contribution is 2.22. The Hall–Kier alpha value is -0.160. The predicted octanol–water partition coefficient (Wildman–Crippen LogP) is 0.520. The molecular weight excluding hydrogens is 226 g/mol. The molecule has 0 saturated carbocycles. The summed E-state index contributed by atoms with van der Waals surface area (Å²) < 4.78 is 5.45. The zero-order chi connectivity index (χ0) is 12.4. The number of fused-ring (bicyclic) bond motifs is 1. The van der Waals surface area contributed by atoms with E-state index in [0.29, 0.717) is 12.0 Å². The Morgan fingerprint density at radius 2 is 2.06 bits per heavy atom. The van der Waals surface area contributed by atoms with Gasteiger partial charge in [-0.05, 0) is 45.3 Å². The largest absolute Gasteiger partial charge is 0.381 e. The third-order valence-electron chi connectivity index (χ3n) is 4.93. The first kappa shape index (κ1) is 12.9. The van der Waals surface area contributed by atoms with Crippen LogP contribution in [0.2, 0.25) is 0 Å². The molecule has 0 spiro atoms. The van der Waals surface area contributed by atoms with Crippen molar-refractivity contribution in [2.24, 2.45) is 11.7 Å². The van der Waals surface area contributed by atoms with E-state index in [4.69, 9.17) is 10.5 Å². The lowest BCUT2D eigenvalue weighted by atomic mass is 9.99. The molecule has 0 amide bonds. The Labute approximate surface area is 110 Å². The van der Waals surface area contributed by atoms with Crippen molar-refractivity contribution in [2.45, 2.75) is 37.8 Å². The van der Waals surface area contributed by atoms with Gasteiger partial charge in [-0.3, -0.25) is 4.90 Å². The molecule has 3 aliphatic rings. The maximum absolute atomic E-state index is 6.36. The molecule has 3 atom stereocenters. The second-order valence-electron chi connectivity index (χ2n) is 6.23. The number of rotatable bonds is 3. The van der Waals surface area contributed by atoms with Crippen LogP contribution in [-0.4, -0.2) is 67.8 Å². The van der Waals surface area contributed by atoms with Gasteiger partial charge >= 0.3 is 0 Å². The van der Waals surface area contributed by atoms with Crippen LogP contribution < -0.4 is 5.73 Å². The quantitative estimate of drug-likeness (QED) is 0.796. The number of nitrogens with zero attached hydrogens (tertiary/aromatic N) is 2. The van der Waals surface area contributed by atoms with Crippen LogP contribution in [0, 0.1) is 5.92 Å². The summed E-state index contributed by atoms with van der Waals surface area (Å²) in [6, 6.07) is 1.11. The predicted molar refractivity (Wildman–Crippen MR) is 72.6 cm³/mol. The zero-order valence-electron chi connectivity index (χ0n) is 11.4. The van der Waals surface area contributed by atoms with Gasteiger partial charge in [-0.1, -0.05) is 0 Å². The summed E-state index contributed by atoms with van der Waals surface area (Å²) in [5, 5.41) is 0. The van der Waals surface area contributed by atoms with Gasteiger partial charge in [0.05, 0.1) is 6.61 Å². The highest BCUT2D eigenvalue weighted by Gasteiger charge is 2.30. The smallest absolute Gasteiger partial charge is 0.0510 e. The molecule has 104 valence electrons. The first-order chi connectivity index (χ1) is 8.83. The van der Waals surface area contributed by atoms with Gasteiger partial charge in [0, 0.05) is 37.7 Å². The van der Waals surface area contributed by atoms with Crippen LogP contribution in [0.4, 0.5) is 0 Å². The van der Waals surface area contributed by atoms with Gasteiger partial charge in [-0.15, -0.1) is 0 Å².